The first-order chi connectivity index (χ1) is 9.19. The molecule has 1 aliphatic rings. The fourth-order valence-electron chi connectivity index (χ4n) is 1.80. The lowest BCUT2D eigenvalue weighted by Gasteiger charge is -2.27. The van der Waals surface area contributed by atoms with Gasteiger partial charge in [0.1, 0.15) is 0 Å². The average Bonchev–Trinajstić information content (AvgIpc) is 2.40. The predicted molar refractivity (Wildman–Crippen MR) is 68.2 cm³/mol. The summed E-state index contributed by atoms with van der Waals surface area (Å²) < 4.78 is 20.6. The monoisotopic (exact) mass is 267 g/mol. The molecule has 6 heteroatoms. The smallest absolute Gasteiger partial charge is 0.251 e. The maximum Gasteiger partial charge on any atom is 0.251 e. The third-order valence-corrected chi connectivity index (χ3v) is 2.90. The lowest BCUT2D eigenvalue weighted by molar-refractivity contribution is -0.00347. The molecule has 0 aliphatic carbocycles. The van der Waals surface area contributed by atoms with E-state index < -0.39 is 0 Å². The van der Waals surface area contributed by atoms with E-state index in [4.69, 9.17) is 18.9 Å². The number of amides is 1. The molecular formula is C13H17NO5. The Bertz CT molecular complexity index is 445. The van der Waals surface area contributed by atoms with Crippen LogP contribution >= 0.6 is 0 Å². The first-order valence-electron chi connectivity index (χ1n) is 5.88. The second-order valence-electron chi connectivity index (χ2n) is 4.12. The lowest BCUT2D eigenvalue weighted by Crippen LogP contribution is -2.48. The second kappa shape index (κ2) is 5.79. The number of ether oxygens (including phenoxy) is 4. The van der Waals surface area contributed by atoms with Crippen molar-refractivity contribution >= 4 is 5.91 Å². The number of nitrogens with one attached hydrogen (secondary N) is 1. The Hall–Kier alpha value is -1.95. The van der Waals surface area contributed by atoms with Crippen LogP contribution in [-0.2, 0) is 4.74 Å². The first kappa shape index (κ1) is 13.5. The zero-order valence-corrected chi connectivity index (χ0v) is 11.2. The van der Waals surface area contributed by atoms with E-state index in [1.54, 1.807) is 12.1 Å². The largest absolute Gasteiger partial charge is 0.493 e. The van der Waals surface area contributed by atoms with Crippen molar-refractivity contribution in [2.24, 2.45) is 0 Å². The van der Waals surface area contributed by atoms with Crippen molar-refractivity contribution in [3.05, 3.63) is 17.7 Å². The predicted octanol–water partition coefficient (Wildman–Crippen LogP) is 0.841. The molecule has 1 amide bonds. The van der Waals surface area contributed by atoms with Crippen molar-refractivity contribution in [2.75, 3.05) is 34.5 Å². The summed E-state index contributed by atoms with van der Waals surface area (Å²) in [7, 11) is 4.54. The summed E-state index contributed by atoms with van der Waals surface area (Å²) in [6.45, 7) is 1.10. The Morgan fingerprint density at radius 1 is 1.16 bits per heavy atom. The van der Waals surface area contributed by atoms with Crippen LogP contribution in [-0.4, -0.2) is 46.5 Å². The molecule has 104 valence electrons. The van der Waals surface area contributed by atoms with Crippen LogP contribution in [0.25, 0.3) is 0 Å². The van der Waals surface area contributed by atoms with Crippen molar-refractivity contribution in [3.8, 4) is 17.2 Å². The maximum atomic E-state index is 12.1. The summed E-state index contributed by atoms with van der Waals surface area (Å²) in [6.07, 6.45) is 0. The van der Waals surface area contributed by atoms with Gasteiger partial charge in [0, 0.05) is 5.56 Å². The molecule has 1 aromatic rings. The van der Waals surface area contributed by atoms with Crippen molar-refractivity contribution < 1.29 is 23.7 Å². The molecule has 0 radical (unpaired) electrons. The molecule has 19 heavy (non-hydrogen) atoms. The van der Waals surface area contributed by atoms with E-state index in [9.17, 15) is 4.79 Å². The van der Waals surface area contributed by atoms with Crippen LogP contribution in [0.15, 0.2) is 12.1 Å². The van der Waals surface area contributed by atoms with Gasteiger partial charge in [0.05, 0.1) is 40.6 Å². The van der Waals surface area contributed by atoms with E-state index >= 15 is 0 Å². The Morgan fingerprint density at radius 3 is 2.11 bits per heavy atom. The molecule has 1 N–H and O–H groups in total. The average molecular weight is 267 g/mol. The van der Waals surface area contributed by atoms with Crippen molar-refractivity contribution in [2.45, 2.75) is 6.04 Å². The topological polar surface area (TPSA) is 66.0 Å². The van der Waals surface area contributed by atoms with Gasteiger partial charge < -0.3 is 24.3 Å². The molecule has 6 nitrogen and oxygen atoms in total. The van der Waals surface area contributed by atoms with Gasteiger partial charge in [-0.3, -0.25) is 4.79 Å². The summed E-state index contributed by atoms with van der Waals surface area (Å²) in [6, 6.07) is 3.32. The SMILES string of the molecule is COc1cc(C(=O)NC2COC2)cc(OC)c1OC. The van der Waals surface area contributed by atoms with Gasteiger partial charge in [-0.25, -0.2) is 0 Å². The van der Waals surface area contributed by atoms with Crippen LogP contribution in [0.1, 0.15) is 10.4 Å². The number of hydrogen-bond acceptors (Lipinski definition) is 5. The molecule has 0 spiro atoms. The van der Waals surface area contributed by atoms with E-state index in [-0.39, 0.29) is 11.9 Å². The molecule has 2 rings (SSSR count). The molecular weight excluding hydrogens is 250 g/mol. The summed E-state index contributed by atoms with van der Waals surface area (Å²) in [5, 5.41) is 2.86. The van der Waals surface area contributed by atoms with Crippen LogP contribution in [0, 0.1) is 0 Å². The van der Waals surface area contributed by atoms with Crippen molar-refractivity contribution in [3.63, 3.8) is 0 Å². The third kappa shape index (κ3) is 2.73. The highest BCUT2D eigenvalue weighted by atomic mass is 16.5. The van der Waals surface area contributed by atoms with Gasteiger partial charge in [0.2, 0.25) is 5.75 Å². The van der Waals surface area contributed by atoms with E-state index in [0.29, 0.717) is 36.0 Å². The van der Waals surface area contributed by atoms with E-state index in [0.717, 1.165) is 0 Å². The summed E-state index contributed by atoms with van der Waals surface area (Å²) in [4.78, 5) is 12.1. The lowest BCUT2D eigenvalue weighted by atomic mass is 10.1. The normalized spacial score (nSPS) is 14.5. The Balaban J connectivity index is 2.26. The molecule has 0 aromatic heterocycles. The van der Waals surface area contributed by atoms with Gasteiger partial charge in [-0.1, -0.05) is 0 Å². The molecule has 0 saturated carbocycles. The van der Waals surface area contributed by atoms with E-state index in [2.05, 4.69) is 5.32 Å². The molecule has 1 aromatic carbocycles. The van der Waals surface area contributed by atoms with Gasteiger partial charge >= 0.3 is 0 Å². The molecule has 0 unspecified atom stereocenters. The third-order valence-electron chi connectivity index (χ3n) is 2.90. The highest BCUT2D eigenvalue weighted by molar-refractivity contribution is 5.95. The maximum absolute atomic E-state index is 12.1. The van der Waals surface area contributed by atoms with Crippen LogP contribution in [0.3, 0.4) is 0 Å². The van der Waals surface area contributed by atoms with Gasteiger partial charge in [-0.05, 0) is 12.1 Å². The minimum absolute atomic E-state index is 0.0755. The molecule has 1 fully saturated rings. The van der Waals surface area contributed by atoms with Crippen molar-refractivity contribution in [1.29, 1.82) is 0 Å². The zero-order valence-electron chi connectivity index (χ0n) is 11.2. The number of carbonyl (C=O) groups excluding carboxylic acids is 1. The molecule has 1 saturated heterocycles. The number of carbonyl (C=O) groups is 1. The van der Waals surface area contributed by atoms with E-state index in [1.807, 2.05) is 0 Å². The highest BCUT2D eigenvalue weighted by Gasteiger charge is 2.23. The first-order valence-corrected chi connectivity index (χ1v) is 5.88. The number of methoxy groups -OCH3 is 3. The second-order valence-corrected chi connectivity index (χ2v) is 4.12. The van der Waals surface area contributed by atoms with Gasteiger partial charge in [0.15, 0.2) is 11.5 Å². The number of hydrogen-bond donors (Lipinski definition) is 1. The minimum atomic E-state index is -0.187. The molecule has 1 aliphatic heterocycles. The van der Waals surface area contributed by atoms with Crippen LogP contribution < -0.4 is 19.5 Å². The van der Waals surface area contributed by atoms with Gasteiger partial charge in [-0.2, -0.15) is 0 Å². The minimum Gasteiger partial charge on any atom is -0.493 e. The Kier molecular flexibility index (Phi) is 4.11. The highest BCUT2D eigenvalue weighted by Crippen LogP contribution is 2.38. The molecule has 0 atom stereocenters. The Morgan fingerprint density at radius 2 is 1.74 bits per heavy atom. The fraction of sp³-hybridized carbons (Fsp3) is 0.462. The van der Waals surface area contributed by atoms with E-state index in [1.165, 1.54) is 21.3 Å². The standard InChI is InChI=1S/C13H17NO5/c1-16-10-4-8(5-11(17-2)12(10)18-3)13(15)14-9-6-19-7-9/h4-5,9H,6-7H2,1-3H3,(H,14,15). The quantitative estimate of drug-likeness (QED) is 0.856. The summed E-state index contributed by atoms with van der Waals surface area (Å²) in [5.41, 5.74) is 0.460. The van der Waals surface area contributed by atoms with Crippen LogP contribution in [0.5, 0.6) is 17.2 Å². The Labute approximate surface area is 111 Å². The molecule has 0 bridgehead atoms. The summed E-state index contributed by atoms with van der Waals surface area (Å²) >= 11 is 0. The zero-order chi connectivity index (χ0) is 13.8. The molecule has 1 heterocycles. The number of rotatable bonds is 5. The van der Waals surface area contributed by atoms with Crippen molar-refractivity contribution in [1.82, 2.24) is 5.32 Å². The van der Waals surface area contributed by atoms with Crippen LogP contribution in [0.2, 0.25) is 0 Å². The van der Waals surface area contributed by atoms with Gasteiger partial charge in [-0.15, -0.1) is 0 Å². The van der Waals surface area contributed by atoms with Crippen LogP contribution in [0.4, 0.5) is 0 Å². The number of benzene rings is 1. The summed E-state index contributed by atoms with van der Waals surface area (Å²) in [5.74, 6) is 1.19. The van der Waals surface area contributed by atoms with Gasteiger partial charge in [0.25, 0.3) is 5.91 Å². The fourth-order valence-corrected chi connectivity index (χ4v) is 1.80.